The number of nitrogens with one attached hydrogen (secondary N) is 2. The SMILES string of the molecule is C=CC(=O)Nc1cc(NC(C)=O)ccc1F. The molecule has 1 aromatic rings. The zero-order valence-corrected chi connectivity index (χ0v) is 8.71. The lowest BCUT2D eigenvalue weighted by Gasteiger charge is -2.07. The van der Waals surface area contributed by atoms with Crippen molar-refractivity contribution in [3.8, 4) is 0 Å². The minimum atomic E-state index is -0.579. The van der Waals surface area contributed by atoms with Crippen molar-refractivity contribution >= 4 is 23.2 Å². The van der Waals surface area contributed by atoms with Crippen molar-refractivity contribution in [1.29, 1.82) is 0 Å². The molecule has 0 spiro atoms. The van der Waals surface area contributed by atoms with E-state index in [0.29, 0.717) is 5.69 Å². The quantitative estimate of drug-likeness (QED) is 0.767. The van der Waals surface area contributed by atoms with Crippen LogP contribution in [0, 0.1) is 5.82 Å². The molecule has 0 heterocycles. The molecule has 0 aliphatic heterocycles. The van der Waals surface area contributed by atoms with E-state index in [0.717, 1.165) is 12.1 Å². The van der Waals surface area contributed by atoms with Crippen LogP contribution in [0.25, 0.3) is 0 Å². The van der Waals surface area contributed by atoms with Gasteiger partial charge in [0, 0.05) is 12.6 Å². The molecule has 5 heteroatoms. The molecule has 0 saturated heterocycles. The van der Waals surface area contributed by atoms with Crippen molar-refractivity contribution in [2.75, 3.05) is 10.6 Å². The van der Waals surface area contributed by atoms with Crippen molar-refractivity contribution < 1.29 is 14.0 Å². The number of halogens is 1. The van der Waals surface area contributed by atoms with E-state index < -0.39 is 11.7 Å². The average Bonchev–Trinajstić information content (AvgIpc) is 2.22. The highest BCUT2D eigenvalue weighted by molar-refractivity contribution is 5.99. The van der Waals surface area contributed by atoms with Crippen molar-refractivity contribution in [2.45, 2.75) is 6.92 Å². The Morgan fingerprint density at radius 3 is 2.62 bits per heavy atom. The largest absolute Gasteiger partial charge is 0.326 e. The summed E-state index contributed by atoms with van der Waals surface area (Å²) in [5.41, 5.74) is 0.407. The summed E-state index contributed by atoms with van der Waals surface area (Å²) in [5, 5.41) is 4.77. The van der Waals surface area contributed by atoms with E-state index in [4.69, 9.17) is 0 Å². The summed E-state index contributed by atoms with van der Waals surface area (Å²) in [6.45, 7) is 4.59. The van der Waals surface area contributed by atoms with Crippen LogP contribution in [0.1, 0.15) is 6.92 Å². The number of hydrogen-bond donors (Lipinski definition) is 2. The van der Waals surface area contributed by atoms with Crippen LogP contribution >= 0.6 is 0 Å². The smallest absolute Gasteiger partial charge is 0.247 e. The second kappa shape index (κ2) is 5.06. The van der Waals surface area contributed by atoms with Gasteiger partial charge in [-0.05, 0) is 24.3 Å². The Morgan fingerprint density at radius 1 is 1.38 bits per heavy atom. The summed E-state index contributed by atoms with van der Waals surface area (Å²) in [4.78, 5) is 21.8. The fourth-order valence-electron chi connectivity index (χ4n) is 1.09. The van der Waals surface area contributed by atoms with E-state index in [1.54, 1.807) is 0 Å². The highest BCUT2D eigenvalue weighted by Gasteiger charge is 2.06. The van der Waals surface area contributed by atoms with Crippen molar-refractivity contribution in [3.05, 3.63) is 36.7 Å². The van der Waals surface area contributed by atoms with Gasteiger partial charge in [0.2, 0.25) is 11.8 Å². The molecule has 0 saturated carbocycles. The van der Waals surface area contributed by atoms with Gasteiger partial charge in [0.05, 0.1) is 5.69 Å². The van der Waals surface area contributed by atoms with Crippen LogP contribution in [0.15, 0.2) is 30.9 Å². The lowest BCUT2D eigenvalue weighted by molar-refractivity contribution is -0.114. The number of carbonyl (C=O) groups is 2. The minimum Gasteiger partial charge on any atom is -0.326 e. The highest BCUT2D eigenvalue weighted by atomic mass is 19.1. The monoisotopic (exact) mass is 222 g/mol. The highest BCUT2D eigenvalue weighted by Crippen LogP contribution is 2.19. The summed E-state index contributed by atoms with van der Waals surface area (Å²) >= 11 is 0. The zero-order valence-electron chi connectivity index (χ0n) is 8.71. The second-order valence-electron chi connectivity index (χ2n) is 3.07. The normalized spacial score (nSPS) is 9.38. The molecule has 4 nitrogen and oxygen atoms in total. The molecule has 0 unspecified atom stereocenters. The molecule has 0 aliphatic carbocycles. The van der Waals surface area contributed by atoms with Gasteiger partial charge >= 0.3 is 0 Å². The Balaban J connectivity index is 2.94. The number of anilines is 2. The maximum absolute atomic E-state index is 13.2. The molecule has 1 aromatic carbocycles. The predicted octanol–water partition coefficient (Wildman–Crippen LogP) is 1.91. The van der Waals surface area contributed by atoms with E-state index in [1.165, 1.54) is 19.1 Å². The fourth-order valence-corrected chi connectivity index (χ4v) is 1.09. The average molecular weight is 222 g/mol. The Labute approximate surface area is 92.2 Å². The van der Waals surface area contributed by atoms with Gasteiger partial charge in [0.15, 0.2) is 0 Å². The van der Waals surface area contributed by atoms with Gasteiger partial charge in [-0.1, -0.05) is 6.58 Å². The van der Waals surface area contributed by atoms with Gasteiger partial charge < -0.3 is 10.6 Å². The third-order valence-electron chi connectivity index (χ3n) is 1.73. The number of carbonyl (C=O) groups excluding carboxylic acids is 2. The lowest BCUT2D eigenvalue weighted by atomic mass is 10.2. The number of amides is 2. The topological polar surface area (TPSA) is 58.2 Å². The summed E-state index contributed by atoms with van der Waals surface area (Å²) < 4.78 is 13.2. The van der Waals surface area contributed by atoms with E-state index in [-0.39, 0.29) is 11.6 Å². The first kappa shape index (κ1) is 11.9. The van der Waals surface area contributed by atoms with Gasteiger partial charge in [0.1, 0.15) is 5.82 Å². The van der Waals surface area contributed by atoms with Crippen molar-refractivity contribution in [3.63, 3.8) is 0 Å². The molecule has 84 valence electrons. The van der Waals surface area contributed by atoms with Crippen LogP contribution in [0.5, 0.6) is 0 Å². The van der Waals surface area contributed by atoms with Crippen molar-refractivity contribution in [1.82, 2.24) is 0 Å². The summed E-state index contributed by atoms with van der Waals surface area (Å²) in [6.07, 6.45) is 1.03. The van der Waals surface area contributed by atoms with Gasteiger partial charge in [-0.2, -0.15) is 0 Å². The van der Waals surface area contributed by atoms with Gasteiger partial charge in [-0.15, -0.1) is 0 Å². The Morgan fingerprint density at radius 2 is 2.06 bits per heavy atom. The number of rotatable bonds is 3. The van der Waals surface area contributed by atoms with Crippen LogP contribution in [0.2, 0.25) is 0 Å². The van der Waals surface area contributed by atoms with E-state index in [1.807, 2.05) is 0 Å². The van der Waals surface area contributed by atoms with Crippen molar-refractivity contribution in [2.24, 2.45) is 0 Å². The molecule has 2 amide bonds. The Bertz CT molecular complexity index is 444. The first-order chi connectivity index (χ1) is 7.52. The maximum Gasteiger partial charge on any atom is 0.247 e. The molecular weight excluding hydrogens is 211 g/mol. The van der Waals surface area contributed by atoms with Crippen LogP contribution in [0.4, 0.5) is 15.8 Å². The van der Waals surface area contributed by atoms with Crippen LogP contribution in [0.3, 0.4) is 0 Å². The third-order valence-corrected chi connectivity index (χ3v) is 1.73. The van der Waals surface area contributed by atoms with Gasteiger partial charge in [0.25, 0.3) is 0 Å². The van der Waals surface area contributed by atoms with Crippen LogP contribution in [-0.4, -0.2) is 11.8 Å². The molecule has 16 heavy (non-hydrogen) atoms. The molecule has 0 aliphatic rings. The first-order valence-electron chi connectivity index (χ1n) is 4.53. The predicted molar refractivity (Wildman–Crippen MR) is 59.5 cm³/mol. The molecule has 0 fully saturated rings. The molecule has 0 aromatic heterocycles. The lowest BCUT2D eigenvalue weighted by Crippen LogP contribution is -2.10. The number of benzene rings is 1. The third kappa shape index (κ3) is 3.20. The molecule has 0 atom stereocenters. The Kier molecular flexibility index (Phi) is 3.77. The number of hydrogen-bond acceptors (Lipinski definition) is 2. The summed E-state index contributed by atoms with van der Waals surface area (Å²) in [5.74, 6) is -1.37. The maximum atomic E-state index is 13.2. The van der Waals surface area contributed by atoms with E-state index >= 15 is 0 Å². The second-order valence-corrected chi connectivity index (χ2v) is 3.07. The molecule has 0 radical (unpaired) electrons. The summed E-state index contributed by atoms with van der Waals surface area (Å²) in [6, 6.07) is 3.89. The van der Waals surface area contributed by atoms with E-state index in [9.17, 15) is 14.0 Å². The standard InChI is InChI=1S/C11H11FN2O2/c1-3-11(16)14-10-6-8(13-7(2)15)4-5-9(10)12/h3-6H,1H2,2H3,(H,13,15)(H,14,16). The molecule has 2 N–H and O–H groups in total. The first-order valence-corrected chi connectivity index (χ1v) is 4.53. The van der Waals surface area contributed by atoms with Crippen LogP contribution < -0.4 is 10.6 Å². The fraction of sp³-hybridized carbons (Fsp3) is 0.0909. The summed E-state index contributed by atoms with van der Waals surface area (Å²) in [7, 11) is 0. The Hall–Kier alpha value is -2.17. The minimum absolute atomic E-state index is 0.00356. The van der Waals surface area contributed by atoms with Gasteiger partial charge in [-0.25, -0.2) is 4.39 Å². The molecule has 0 bridgehead atoms. The van der Waals surface area contributed by atoms with E-state index in [2.05, 4.69) is 17.2 Å². The molecular formula is C11H11FN2O2. The van der Waals surface area contributed by atoms with Crippen LogP contribution in [-0.2, 0) is 9.59 Å². The van der Waals surface area contributed by atoms with Gasteiger partial charge in [-0.3, -0.25) is 9.59 Å². The molecule has 1 rings (SSSR count). The zero-order chi connectivity index (χ0) is 12.1.